The summed E-state index contributed by atoms with van der Waals surface area (Å²) >= 11 is 0. The maximum absolute atomic E-state index is 12.3. The van der Waals surface area contributed by atoms with Crippen molar-refractivity contribution in [3.63, 3.8) is 0 Å². The van der Waals surface area contributed by atoms with Crippen LogP contribution < -0.4 is 5.32 Å². The van der Waals surface area contributed by atoms with Crippen LogP contribution in [-0.4, -0.2) is 48.2 Å². The molecule has 0 radical (unpaired) electrons. The first-order valence-corrected chi connectivity index (χ1v) is 7.47. The molecule has 0 aliphatic carbocycles. The Labute approximate surface area is 126 Å². The van der Waals surface area contributed by atoms with Gasteiger partial charge >= 0.3 is 0 Å². The van der Waals surface area contributed by atoms with Gasteiger partial charge in [0, 0.05) is 18.0 Å². The molecule has 0 aromatic rings. The molecule has 1 saturated heterocycles. The summed E-state index contributed by atoms with van der Waals surface area (Å²) in [7, 11) is 0. The molecule has 1 aliphatic rings. The molecule has 120 valence electrons. The Hall–Kier alpha value is -1.59. The summed E-state index contributed by atoms with van der Waals surface area (Å²) in [6.45, 7) is 10.2. The van der Waals surface area contributed by atoms with Crippen LogP contribution in [0, 0.1) is 5.41 Å². The molecule has 1 N–H and O–H groups in total. The maximum Gasteiger partial charge on any atom is 0.260 e. The zero-order valence-corrected chi connectivity index (χ0v) is 13.7. The van der Waals surface area contributed by atoms with Gasteiger partial charge < -0.3 is 15.1 Å². The number of carbonyl (C=O) groups is 2. The second-order valence-electron chi connectivity index (χ2n) is 6.71. The van der Waals surface area contributed by atoms with Gasteiger partial charge in [-0.2, -0.15) is 0 Å². The van der Waals surface area contributed by atoms with E-state index >= 15 is 0 Å². The molecule has 1 fully saturated rings. The summed E-state index contributed by atoms with van der Waals surface area (Å²) in [6, 6.07) is 0.0460. The standard InChI is InChI=1S/C15H27N3O3/c1-11(2)17-13(19)10-21-16-9-12-7-6-8-18(12)14(20)15(3,4)5/h9,11-12H,6-8,10H2,1-5H3,(H,17,19)/b16-9+/t12-/m0/s1. The van der Waals surface area contributed by atoms with Crippen LogP contribution in [0.15, 0.2) is 5.16 Å². The van der Waals surface area contributed by atoms with Crippen LogP contribution >= 0.6 is 0 Å². The Morgan fingerprint density at radius 2 is 2.10 bits per heavy atom. The lowest BCUT2D eigenvalue weighted by molar-refractivity contribution is -0.139. The third-order valence-electron chi connectivity index (χ3n) is 3.15. The number of likely N-dealkylation sites (tertiary alicyclic amines) is 1. The molecule has 21 heavy (non-hydrogen) atoms. The van der Waals surface area contributed by atoms with Crippen LogP contribution in [0.2, 0.25) is 0 Å². The van der Waals surface area contributed by atoms with Gasteiger partial charge in [0.25, 0.3) is 5.91 Å². The van der Waals surface area contributed by atoms with Crippen LogP contribution in [0.25, 0.3) is 0 Å². The minimum atomic E-state index is -0.394. The van der Waals surface area contributed by atoms with Gasteiger partial charge in [0.2, 0.25) is 5.91 Å². The quantitative estimate of drug-likeness (QED) is 0.618. The van der Waals surface area contributed by atoms with Crippen molar-refractivity contribution in [3.05, 3.63) is 0 Å². The fourth-order valence-corrected chi connectivity index (χ4v) is 2.20. The monoisotopic (exact) mass is 297 g/mol. The van der Waals surface area contributed by atoms with Crippen molar-refractivity contribution in [1.29, 1.82) is 0 Å². The minimum Gasteiger partial charge on any atom is -0.386 e. The van der Waals surface area contributed by atoms with Crippen molar-refractivity contribution < 1.29 is 14.4 Å². The molecule has 1 rings (SSSR count). The second kappa shape index (κ2) is 7.43. The Balaban J connectivity index is 2.44. The van der Waals surface area contributed by atoms with Gasteiger partial charge in [0.1, 0.15) is 0 Å². The van der Waals surface area contributed by atoms with E-state index in [-0.39, 0.29) is 30.5 Å². The minimum absolute atomic E-state index is 0.0371. The van der Waals surface area contributed by atoms with Crippen molar-refractivity contribution >= 4 is 18.0 Å². The van der Waals surface area contributed by atoms with Crippen molar-refractivity contribution in [2.45, 2.75) is 59.5 Å². The Morgan fingerprint density at radius 1 is 1.43 bits per heavy atom. The number of rotatable bonds is 5. The van der Waals surface area contributed by atoms with Crippen LogP contribution in [0.4, 0.5) is 0 Å². The number of hydrogen-bond acceptors (Lipinski definition) is 4. The van der Waals surface area contributed by atoms with Gasteiger partial charge in [-0.1, -0.05) is 25.9 Å². The summed E-state index contributed by atoms with van der Waals surface area (Å²) in [5.41, 5.74) is -0.394. The lowest BCUT2D eigenvalue weighted by atomic mass is 9.94. The van der Waals surface area contributed by atoms with Crippen molar-refractivity contribution in [3.8, 4) is 0 Å². The lowest BCUT2D eigenvalue weighted by Gasteiger charge is -2.28. The molecule has 0 aromatic heterocycles. The van der Waals surface area contributed by atoms with Gasteiger partial charge in [0.15, 0.2) is 6.61 Å². The van der Waals surface area contributed by atoms with E-state index in [1.807, 2.05) is 39.5 Å². The number of nitrogens with one attached hydrogen (secondary N) is 1. The molecule has 0 aromatic carbocycles. The zero-order chi connectivity index (χ0) is 16.0. The summed E-state index contributed by atoms with van der Waals surface area (Å²) in [5, 5.41) is 6.55. The Morgan fingerprint density at radius 3 is 2.67 bits per heavy atom. The Kier molecular flexibility index (Phi) is 6.18. The molecule has 0 saturated carbocycles. The summed E-state index contributed by atoms with van der Waals surface area (Å²) < 4.78 is 0. The van der Waals surface area contributed by atoms with E-state index in [1.165, 1.54) is 0 Å². The smallest absolute Gasteiger partial charge is 0.260 e. The molecule has 1 heterocycles. The number of nitrogens with zero attached hydrogens (tertiary/aromatic N) is 2. The average Bonchev–Trinajstić information content (AvgIpc) is 2.79. The van der Waals surface area contributed by atoms with E-state index in [1.54, 1.807) is 6.21 Å². The maximum atomic E-state index is 12.3. The first-order valence-electron chi connectivity index (χ1n) is 7.47. The second-order valence-corrected chi connectivity index (χ2v) is 6.71. The van der Waals surface area contributed by atoms with Gasteiger partial charge in [-0.3, -0.25) is 9.59 Å². The fraction of sp³-hybridized carbons (Fsp3) is 0.800. The molecule has 0 spiro atoms. The molecule has 6 nitrogen and oxygen atoms in total. The van der Waals surface area contributed by atoms with Gasteiger partial charge in [-0.25, -0.2) is 0 Å². The first-order chi connectivity index (χ1) is 9.71. The topological polar surface area (TPSA) is 71.0 Å². The van der Waals surface area contributed by atoms with Crippen LogP contribution in [0.1, 0.15) is 47.5 Å². The van der Waals surface area contributed by atoms with E-state index in [9.17, 15) is 9.59 Å². The zero-order valence-electron chi connectivity index (χ0n) is 13.7. The normalized spacial score (nSPS) is 19.3. The molecule has 6 heteroatoms. The predicted molar refractivity (Wildman–Crippen MR) is 81.9 cm³/mol. The molecule has 0 unspecified atom stereocenters. The summed E-state index contributed by atoms with van der Waals surface area (Å²) in [6.07, 6.45) is 3.47. The highest BCUT2D eigenvalue weighted by Gasteiger charge is 2.34. The highest BCUT2D eigenvalue weighted by Crippen LogP contribution is 2.24. The fourth-order valence-electron chi connectivity index (χ4n) is 2.20. The van der Waals surface area contributed by atoms with Gasteiger partial charge in [-0.15, -0.1) is 0 Å². The van der Waals surface area contributed by atoms with Gasteiger partial charge in [-0.05, 0) is 26.7 Å². The molecule has 1 atom stereocenters. The van der Waals surface area contributed by atoms with E-state index in [4.69, 9.17) is 4.84 Å². The highest BCUT2D eigenvalue weighted by molar-refractivity contribution is 5.85. The summed E-state index contributed by atoms with van der Waals surface area (Å²) in [5.74, 6) is -0.0785. The third kappa shape index (κ3) is 5.73. The molecule has 1 aliphatic heterocycles. The molecule has 2 amide bonds. The molecular formula is C15H27N3O3. The largest absolute Gasteiger partial charge is 0.386 e. The average molecular weight is 297 g/mol. The number of carbonyl (C=O) groups excluding carboxylic acids is 2. The highest BCUT2D eigenvalue weighted by atomic mass is 16.6. The van der Waals surface area contributed by atoms with Crippen LogP contribution in [0.5, 0.6) is 0 Å². The first kappa shape index (κ1) is 17.5. The van der Waals surface area contributed by atoms with E-state index < -0.39 is 5.41 Å². The third-order valence-corrected chi connectivity index (χ3v) is 3.15. The van der Waals surface area contributed by atoms with Crippen LogP contribution in [-0.2, 0) is 14.4 Å². The molecular weight excluding hydrogens is 270 g/mol. The number of hydrogen-bond donors (Lipinski definition) is 1. The number of oxime groups is 1. The van der Waals surface area contributed by atoms with Crippen molar-refractivity contribution in [1.82, 2.24) is 10.2 Å². The van der Waals surface area contributed by atoms with E-state index in [2.05, 4.69) is 10.5 Å². The SMILES string of the molecule is CC(C)NC(=O)CO/N=C/[C@@H]1CCCN1C(=O)C(C)(C)C. The molecule has 0 bridgehead atoms. The van der Waals surface area contributed by atoms with E-state index in [0.717, 1.165) is 19.4 Å². The Bertz CT molecular complexity index is 399. The summed E-state index contributed by atoms with van der Waals surface area (Å²) in [4.78, 5) is 30.5. The van der Waals surface area contributed by atoms with Crippen molar-refractivity contribution in [2.75, 3.05) is 13.2 Å². The van der Waals surface area contributed by atoms with Crippen LogP contribution in [0.3, 0.4) is 0 Å². The number of amides is 2. The van der Waals surface area contributed by atoms with Gasteiger partial charge in [0.05, 0.1) is 12.3 Å². The lowest BCUT2D eigenvalue weighted by Crippen LogP contribution is -2.43. The predicted octanol–water partition coefficient (Wildman–Crippen LogP) is 1.55. The van der Waals surface area contributed by atoms with Crippen molar-refractivity contribution in [2.24, 2.45) is 10.6 Å². The van der Waals surface area contributed by atoms with E-state index in [0.29, 0.717) is 0 Å².